The first-order valence-corrected chi connectivity index (χ1v) is 14.9. The number of ether oxygens (including phenoxy) is 1. The largest absolute Gasteiger partial charge is 0.508 e. The van der Waals surface area contributed by atoms with E-state index in [1.807, 2.05) is 53.4 Å². The fourth-order valence-corrected chi connectivity index (χ4v) is 5.93. The van der Waals surface area contributed by atoms with E-state index < -0.39 is 12.1 Å². The Balaban J connectivity index is 1.28. The van der Waals surface area contributed by atoms with E-state index in [1.165, 1.54) is 0 Å². The highest BCUT2D eigenvalue weighted by atomic mass is 16.5. The van der Waals surface area contributed by atoms with Gasteiger partial charge in [0.15, 0.2) is 0 Å². The van der Waals surface area contributed by atoms with E-state index in [9.17, 15) is 19.5 Å². The zero-order valence-electron chi connectivity index (χ0n) is 24.8. The molecule has 6 rings (SSSR count). The third kappa shape index (κ3) is 7.13. The zero-order valence-corrected chi connectivity index (χ0v) is 24.8. The molecule has 2 aliphatic rings. The topological polar surface area (TPSA) is 151 Å². The van der Waals surface area contributed by atoms with Crippen LogP contribution in [0.4, 0.5) is 0 Å². The molecule has 12 heteroatoms. The second-order valence-electron chi connectivity index (χ2n) is 11.4. The summed E-state index contributed by atoms with van der Waals surface area (Å²) in [5, 5.41) is 27.1. The fraction of sp³-hybridized carbons (Fsp3) is 0.303. The van der Waals surface area contributed by atoms with Crippen LogP contribution < -0.4 is 20.7 Å². The molecule has 1 aromatic heterocycles. The van der Waals surface area contributed by atoms with Crippen molar-refractivity contribution < 1.29 is 24.2 Å². The smallest absolute Gasteiger partial charge is 0.243 e. The molecule has 0 aliphatic carbocycles. The molecule has 4 aromatic rings. The molecule has 12 nitrogen and oxygen atoms in total. The van der Waals surface area contributed by atoms with E-state index in [-0.39, 0.29) is 48.9 Å². The molecule has 3 atom stereocenters. The van der Waals surface area contributed by atoms with Crippen LogP contribution in [0.15, 0.2) is 79.0 Å². The summed E-state index contributed by atoms with van der Waals surface area (Å²) in [5.74, 6) is 0.0411. The van der Waals surface area contributed by atoms with Gasteiger partial charge in [0.2, 0.25) is 17.7 Å². The van der Waals surface area contributed by atoms with E-state index in [1.54, 1.807) is 42.3 Å². The minimum absolute atomic E-state index is 0.111. The number of hydrogen-bond acceptors (Lipinski definition) is 8. The number of likely N-dealkylation sites (tertiary alicyclic amines) is 1. The highest BCUT2D eigenvalue weighted by molar-refractivity contribution is 5.90. The van der Waals surface area contributed by atoms with E-state index in [2.05, 4.69) is 26.3 Å². The van der Waals surface area contributed by atoms with Crippen LogP contribution in [0.5, 0.6) is 11.5 Å². The molecule has 0 radical (unpaired) electrons. The molecule has 1 saturated heterocycles. The van der Waals surface area contributed by atoms with E-state index in [0.717, 1.165) is 16.7 Å². The van der Waals surface area contributed by atoms with Gasteiger partial charge in [0.1, 0.15) is 17.5 Å². The first kappa shape index (κ1) is 29.8. The number of nitrogens with one attached hydrogen (secondary N) is 3. The lowest BCUT2D eigenvalue weighted by atomic mass is 10.0. The summed E-state index contributed by atoms with van der Waals surface area (Å²) in [6.07, 6.45) is 2.37. The van der Waals surface area contributed by atoms with Crippen molar-refractivity contribution in [3.63, 3.8) is 0 Å². The van der Waals surface area contributed by atoms with Gasteiger partial charge in [0.05, 0.1) is 37.2 Å². The molecule has 3 aromatic carbocycles. The van der Waals surface area contributed by atoms with Crippen LogP contribution in [0, 0.1) is 0 Å². The molecule has 0 spiro atoms. The molecule has 1 fully saturated rings. The number of amides is 3. The molecule has 2 bridgehead atoms. The Hall–Kier alpha value is -5.23. The van der Waals surface area contributed by atoms with Crippen molar-refractivity contribution in [3.05, 3.63) is 101 Å². The Morgan fingerprint density at radius 2 is 1.76 bits per heavy atom. The molecular weight excluding hydrogens is 574 g/mol. The van der Waals surface area contributed by atoms with Gasteiger partial charge in [-0.3, -0.25) is 19.3 Å². The zero-order chi connectivity index (χ0) is 31.3. The highest BCUT2D eigenvalue weighted by Crippen LogP contribution is 2.24. The van der Waals surface area contributed by atoms with Gasteiger partial charge in [-0.1, -0.05) is 41.6 Å². The van der Waals surface area contributed by atoms with Crippen LogP contribution in [-0.4, -0.2) is 74.5 Å². The second-order valence-corrected chi connectivity index (χ2v) is 11.4. The van der Waals surface area contributed by atoms with Crippen LogP contribution in [0.3, 0.4) is 0 Å². The fourth-order valence-electron chi connectivity index (χ4n) is 5.93. The Morgan fingerprint density at radius 3 is 2.56 bits per heavy atom. The van der Waals surface area contributed by atoms with Gasteiger partial charge in [0, 0.05) is 32.1 Å². The van der Waals surface area contributed by atoms with E-state index in [4.69, 9.17) is 4.74 Å². The van der Waals surface area contributed by atoms with Crippen LogP contribution in [0.2, 0.25) is 0 Å². The van der Waals surface area contributed by atoms with Crippen molar-refractivity contribution >= 4 is 17.7 Å². The quantitative estimate of drug-likeness (QED) is 0.258. The van der Waals surface area contributed by atoms with Crippen molar-refractivity contribution in [2.45, 2.75) is 50.5 Å². The van der Waals surface area contributed by atoms with Gasteiger partial charge in [-0.15, -0.1) is 5.10 Å². The molecule has 45 heavy (non-hydrogen) atoms. The van der Waals surface area contributed by atoms with Crippen LogP contribution in [-0.2, 0) is 40.3 Å². The van der Waals surface area contributed by atoms with Gasteiger partial charge in [-0.25, -0.2) is 4.68 Å². The number of benzene rings is 3. The lowest BCUT2D eigenvalue weighted by Crippen LogP contribution is -2.53. The van der Waals surface area contributed by atoms with E-state index >= 15 is 0 Å². The number of fused-ring (bicyclic) bond motifs is 3. The number of rotatable bonds is 6. The summed E-state index contributed by atoms with van der Waals surface area (Å²) < 4.78 is 6.94. The van der Waals surface area contributed by atoms with Crippen LogP contribution in [0.25, 0.3) is 5.69 Å². The summed E-state index contributed by atoms with van der Waals surface area (Å²) in [7, 11) is 1.61. The Bertz CT molecular complexity index is 1690. The lowest BCUT2D eigenvalue weighted by molar-refractivity contribution is -0.131. The Kier molecular flexibility index (Phi) is 8.74. The van der Waals surface area contributed by atoms with Crippen molar-refractivity contribution in [2.75, 3.05) is 13.7 Å². The van der Waals surface area contributed by atoms with Gasteiger partial charge >= 0.3 is 0 Å². The number of carbonyl (C=O) groups is 3. The summed E-state index contributed by atoms with van der Waals surface area (Å²) in [5.41, 5.74) is 3.81. The van der Waals surface area contributed by atoms with Gasteiger partial charge in [-0.2, -0.15) is 0 Å². The number of aromatic nitrogens is 3. The van der Waals surface area contributed by atoms with Crippen LogP contribution >= 0.6 is 0 Å². The maximum absolute atomic E-state index is 13.9. The monoisotopic (exact) mass is 609 g/mol. The number of aromatic hydroxyl groups is 1. The number of methoxy groups -OCH3 is 1. The molecule has 3 amide bonds. The third-order valence-electron chi connectivity index (χ3n) is 8.21. The first-order valence-electron chi connectivity index (χ1n) is 14.9. The molecule has 0 unspecified atom stereocenters. The summed E-state index contributed by atoms with van der Waals surface area (Å²) in [6, 6.07) is 19.9. The van der Waals surface area contributed by atoms with Crippen molar-refractivity contribution in [1.29, 1.82) is 0 Å². The number of nitrogens with zero attached hydrogens (tertiary/aromatic N) is 4. The average molecular weight is 610 g/mol. The Labute approximate surface area is 260 Å². The number of carbonyl (C=O) groups excluding carboxylic acids is 3. The third-order valence-corrected chi connectivity index (χ3v) is 8.21. The minimum atomic E-state index is -0.926. The molecule has 0 saturated carbocycles. The maximum Gasteiger partial charge on any atom is 0.243 e. The lowest BCUT2D eigenvalue weighted by Gasteiger charge is -2.26. The summed E-state index contributed by atoms with van der Waals surface area (Å²) in [4.78, 5) is 42.7. The molecule has 232 valence electrons. The molecule has 4 N–H and O–H groups in total. The van der Waals surface area contributed by atoms with Crippen molar-refractivity contribution in [3.8, 4) is 17.2 Å². The predicted octanol–water partition coefficient (Wildman–Crippen LogP) is 1.64. The summed E-state index contributed by atoms with van der Waals surface area (Å²) in [6.45, 7) is 1.13. The predicted molar refractivity (Wildman–Crippen MR) is 164 cm³/mol. The standard InChI is InChI=1S/C33H35N7O5/c1-45-28-8-4-5-21(13-28)18-39-19-24-16-30(39)33(44)36-29(15-25-20-40(38-37-25)26-9-11-27(41)12-10-26)32(43)34-17-23-7-3-2-6-22(23)14-31(42)35-24/h2-13,20,24,29-30,41H,14-19H2,1H3,(H,34,43)(H,35,42)(H,36,44)/t24-,29-,30+/m1/s1. The SMILES string of the molecule is COc1cccc(CN2C[C@H]3C[C@H]2C(=O)N[C@H](Cc2cn(-c4ccc(O)cc4)nn2)C(=O)NCc2ccccc2CC(=O)N3)c1. The number of phenols is 1. The van der Waals surface area contributed by atoms with Gasteiger partial charge in [0.25, 0.3) is 0 Å². The highest BCUT2D eigenvalue weighted by Gasteiger charge is 2.39. The maximum atomic E-state index is 13.9. The van der Waals surface area contributed by atoms with Crippen LogP contribution in [0.1, 0.15) is 28.8 Å². The number of phenolic OH excluding ortho intramolecular Hbond substituents is 1. The molecule has 3 heterocycles. The average Bonchev–Trinajstić information content (AvgIpc) is 3.67. The second kappa shape index (κ2) is 13.2. The number of hydrogen-bond donors (Lipinski definition) is 4. The first-order chi connectivity index (χ1) is 21.8. The van der Waals surface area contributed by atoms with E-state index in [0.29, 0.717) is 36.6 Å². The van der Waals surface area contributed by atoms with Gasteiger partial charge < -0.3 is 25.8 Å². The van der Waals surface area contributed by atoms with Crippen molar-refractivity contribution in [2.24, 2.45) is 0 Å². The normalized spacial score (nSPS) is 20.8. The summed E-state index contributed by atoms with van der Waals surface area (Å²) >= 11 is 0. The molecular formula is C33H35N7O5. The molecule has 2 aliphatic heterocycles. The Morgan fingerprint density at radius 1 is 0.956 bits per heavy atom. The van der Waals surface area contributed by atoms with Gasteiger partial charge in [-0.05, 0) is 59.5 Å². The van der Waals surface area contributed by atoms with Crippen molar-refractivity contribution in [1.82, 2.24) is 35.8 Å². The minimum Gasteiger partial charge on any atom is -0.508 e.